The lowest BCUT2D eigenvalue weighted by atomic mass is 10.2. The van der Waals surface area contributed by atoms with Crippen LogP contribution in [0.5, 0.6) is 0 Å². The summed E-state index contributed by atoms with van der Waals surface area (Å²) >= 11 is 6.99. The third kappa shape index (κ3) is 7.34. The molecule has 9 heteroatoms. The first-order valence-corrected chi connectivity index (χ1v) is 11.4. The Balaban J connectivity index is 1.57. The molecular formula is C24H22ClN3O4S. The third-order valence-corrected chi connectivity index (χ3v) is 5.73. The zero-order chi connectivity index (χ0) is 23.8. The molecular weight excluding hydrogens is 462 g/mol. The van der Waals surface area contributed by atoms with Crippen molar-refractivity contribution in [2.24, 2.45) is 0 Å². The van der Waals surface area contributed by atoms with Crippen molar-refractivity contribution < 1.29 is 19.1 Å². The zero-order valence-electron chi connectivity index (χ0n) is 18.0. The minimum absolute atomic E-state index is 0.108. The fourth-order valence-corrected chi connectivity index (χ4v) is 3.65. The van der Waals surface area contributed by atoms with Gasteiger partial charge in [-0.15, -0.1) is 11.8 Å². The number of aryl methyl sites for hydroxylation is 1. The van der Waals surface area contributed by atoms with E-state index < -0.39 is 18.0 Å². The van der Waals surface area contributed by atoms with Crippen LogP contribution in [-0.4, -0.2) is 34.6 Å². The minimum atomic E-state index is -1.06. The predicted octanol–water partition coefficient (Wildman–Crippen LogP) is 4.96. The van der Waals surface area contributed by atoms with Crippen LogP contribution in [0.3, 0.4) is 0 Å². The zero-order valence-corrected chi connectivity index (χ0v) is 19.6. The Bertz CT molecular complexity index is 1140. The van der Waals surface area contributed by atoms with Crippen molar-refractivity contribution in [3.8, 4) is 0 Å². The second-order valence-corrected chi connectivity index (χ2v) is 8.55. The van der Waals surface area contributed by atoms with Crippen LogP contribution in [0.25, 0.3) is 0 Å². The summed E-state index contributed by atoms with van der Waals surface area (Å²) in [6.45, 7) is 3.43. The standard InChI is InChI=1S/C24H22ClN3O4S/c1-15-7-10-18(11-8-15)27-22(29)14-33-20-6-4-3-5-19(20)24(31)32-16(2)23(30)28-21-12-9-17(25)13-26-21/h3-13,16H,14H2,1-2H3,(H,27,29)(H,26,28,30)/t16-/m1/s1. The normalized spacial score (nSPS) is 11.4. The highest BCUT2D eigenvalue weighted by atomic mass is 35.5. The minimum Gasteiger partial charge on any atom is -0.449 e. The quantitative estimate of drug-likeness (QED) is 0.347. The van der Waals surface area contributed by atoms with Gasteiger partial charge in [0.15, 0.2) is 6.10 Å². The Labute approximate surface area is 200 Å². The van der Waals surface area contributed by atoms with Gasteiger partial charge in [-0.3, -0.25) is 9.59 Å². The van der Waals surface area contributed by atoms with E-state index in [9.17, 15) is 14.4 Å². The molecule has 0 aliphatic rings. The Hall–Kier alpha value is -3.36. The molecule has 3 aromatic rings. The first kappa shape index (κ1) is 24.3. The highest BCUT2D eigenvalue weighted by Gasteiger charge is 2.21. The fourth-order valence-electron chi connectivity index (χ4n) is 2.69. The number of carbonyl (C=O) groups excluding carboxylic acids is 3. The van der Waals surface area contributed by atoms with E-state index in [0.29, 0.717) is 21.4 Å². The van der Waals surface area contributed by atoms with Gasteiger partial charge in [-0.25, -0.2) is 9.78 Å². The number of carbonyl (C=O) groups is 3. The molecule has 0 aliphatic carbocycles. The molecule has 2 aromatic carbocycles. The van der Waals surface area contributed by atoms with Gasteiger partial charge in [-0.2, -0.15) is 0 Å². The van der Waals surface area contributed by atoms with E-state index in [1.54, 1.807) is 36.4 Å². The number of aromatic nitrogens is 1. The average Bonchev–Trinajstić information content (AvgIpc) is 2.80. The number of thioether (sulfide) groups is 1. The van der Waals surface area contributed by atoms with Crippen LogP contribution in [0.2, 0.25) is 5.02 Å². The predicted molar refractivity (Wildman–Crippen MR) is 130 cm³/mol. The highest BCUT2D eigenvalue weighted by Crippen LogP contribution is 2.24. The van der Waals surface area contributed by atoms with Crippen LogP contribution >= 0.6 is 23.4 Å². The Morgan fingerprint density at radius 2 is 1.76 bits per heavy atom. The van der Waals surface area contributed by atoms with Crippen LogP contribution in [0, 0.1) is 6.92 Å². The van der Waals surface area contributed by atoms with Crippen molar-refractivity contribution in [2.45, 2.75) is 24.8 Å². The summed E-state index contributed by atoms with van der Waals surface area (Å²) in [6, 6.07) is 17.4. The monoisotopic (exact) mass is 483 g/mol. The average molecular weight is 484 g/mol. The number of rotatable bonds is 8. The molecule has 2 N–H and O–H groups in total. The SMILES string of the molecule is Cc1ccc(NC(=O)CSc2ccccc2C(=O)O[C@H](C)C(=O)Nc2ccc(Cl)cn2)cc1. The molecule has 0 saturated carbocycles. The number of hydrogen-bond donors (Lipinski definition) is 2. The molecule has 0 fully saturated rings. The van der Waals surface area contributed by atoms with Crippen molar-refractivity contribution in [1.82, 2.24) is 4.98 Å². The van der Waals surface area contributed by atoms with Gasteiger partial charge in [-0.1, -0.05) is 41.4 Å². The van der Waals surface area contributed by atoms with E-state index in [2.05, 4.69) is 15.6 Å². The molecule has 3 rings (SSSR count). The van der Waals surface area contributed by atoms with Crippen molar-refractivity contribution in [1.29, 1.82) is 0 Å². The van der Waals surface area contributed by atoms with E-state index in [4.69, 9.17) is 16.3 Å². The number of benzene rings is 2. The Morgan fingerprint density at radius 1 is 1.03 bits per heavy atom. The number of esters is 1. The van der Waals surface area contributed by atoms with E-state index >= 15 is 0 Å². The molecule has 0 saturated heterocycles. The van der Waals surface area contributed by atoms with Gasteiger partial charge in [0.1, 0.15) is 5.82 Å². The van der Waals surface area contributed by atoms with Crippen molar-refractivity contribution in [3.63, 3.8) is 0 Å². The maximum absolute atomic E-state index is 12.7. The van der Waals surface area contributed by atoms with Crippen molar-refractivity contribution in [2.75, 3.05) is 16.4 Å². The van der Waals surface area contributed by atoms with E-state index in [1.165, 1.54) is 24.9 Å². The van der Waals surface area contributed by atoms with Gasteiger partial charge in [0.25, 0.3) is 5.91 Å². The third-order valence-electron chi connectivity index (χ3n) is 4.43. The smallest absolute Gasteiger partial charge is 0.340 e. The maximum atomic E-state index is 12.7. The summed E-state index contributed by atoms with van der Waals surface area (Å²) in [5.74, 6) is -0.987. The first-order chi connectivity index (χ1) is 15.8. The molecule has 0 spiro atoms. The molecule has 0 radical (unpaired) electrons. The van der Waals surface area contributed by atoms with Gasteiger partial charge in [-0.05, 0) is 50.2 Å². The van der Waals surface area contributed by atoms with E-state index in [-0.39, 0.29) is 17.2 Å². The van der Waals surface area contributed by atoms with Crippen LogP contribution < -0.4 is 10.6 Å². The summed E-state index contributed by atoms with van der Waals surface area (Å²) in [6.07, 6.45) is 0.342. The molecule has 33 heavy (non-hydrogen) atoms. The van der Waals surface area contributed by atoms with Crippen LogP contribution in [-0.2, 0) is 14.3 Å². The van der Waals surface area contributed by atoms with Crippen molar-refractivity contribution in [3.05, 3.63) is 83.0 Å². The second-order valence-electron chi connectivity index (χ2n) is 7.10. The molecule has 170 valence electrons. The van der Waals surface area contributed by atoms with E-state index in [0.717, 1.165) is 5.56 Å². The molecule has 0 aliphatic heterocycles. The number of ether oxygens (including phenoxy) is 1. The molecule has 1 aromatic heterocycles. The molecule has 0 unspecified atom stereocenters. The van der Waals surface area contributed by atoms with Gasteiger partial charge < -0.3 is 15.4 Å². The summed E-state index contributed by atoms with van der Waals surface area (Å²) < 4.78 is 5.33. The number of nitrogens with one attached hydrogen (secondary N) is 2. The van der Waals surface area contributed by atoms with Gasteiger partial charge in [0.2, 0.25) is 5.91 Å². The van der Waals surface area contributed by atoms with Gasteiger partial charge in [0.05, 0.1) is 16.3 Å². The largest absolute Gasteiger partial charge is 0.449 e. The number of amides is 2. The highest BCUT2D eigenvalue weighted by molar-refractivity contribution is 8.00. The maximum Gasteiger partial charge on any atom is 0.340 e. The Morgan fingerprint density at radius 3 is 2.45 bits per heavy atom. The number of hydrogen-bond acceptors (Lipinski definition) is 6. The fraction of sp³-hybridized carbons (Fsp3) is 0.167. The second kappa shape index (κ2) is 11.5. The van der Waals surface area contributed by atoms with E-state index in [1.807, 2.05) is 31.2 Å². The van der Waals surface area contributed by atoms with Gasteiger partial charge >= 0.3 is 5.97 Å². The lowest BCUT2D eigenvalue weighted by Gasteiger charge is -2.15. The summed E-state index contributed by atoms with van der Waals surface area (Å²) in [5, 5.41) is 5.82. The van der Waals surface area contributed by atoms with Crippen LogP contribution in [0.4, 0.5) is 11.5 Å². The lowest BCUT2D eigenvalue weighted by Crippen LogP contribution is -2.30. The molecule has 1 atom stereocenters. The number of anilines is 2. The molecule has 7 nitrogen and oxygen atoms in total. The number of halogens is 1. The molecule has 0 bridgehead atoms. The first-order valence-electron chi connectivity index (χ1n) is 10.0. The van der Waals surface area contributed by atoms with Crippen molar-refractivity contribution >= 4 is 52.7 Å². The summed E-state index contributed by atoms with van der Waals surface area (Å²) in [4.78, 5) is 41.9. The Kier molecular flexibility index (Phi) is 8.46. The topological polar surface area (TPSA) is 97.4 Å². The number of nitrogens with zero attached hydrogens (tertiary/aromatic N) is 1. The molecule has 2 amide bonds. The summed E-state index contributed by atoms with van der Waals surface area (Å²) in [7, 11) is 0. The van der Waals surface area contributed by atoms with Crippen LogP contribution in [0.15, 0.2) is 71.8 Å². The lowest BCUT2D eigenvalue weighted by molar-refractivity contribution is -0.123. The summed E-state index contributed by atoms with van der Waals surface area (Å²) in [5.41, 5.74) is 2.07. The molecule has 1 heterocycles. The van der Waals surface area contributed by atoms with Crippen LogP contribution in [0.1, 0.15) is 22.8 Å². The van der Waals surface area contributed by atoms with Gasteiger partial charge in [0, 0.05) is 16.8 Å². The number of pyridine rings is 1.